The molecule has 9 heteroatoms. The van der Waals surface area contributed by atoms with Crippen LogP contribution in [0.5, 0.6) is 0 Å². The molecule has 1 aliphatic rings. The molecular weight excluding hydrogens is 418 g/mol. The standard InChI is InChI=1S/C22H31N3O5S/c1-14(2)18(31-15(3)26)19(27)25-22(9-5-6-10-22)21(29)24-17(20(28)30-4)12-16-8-7-11-23-13-16/h7-8,11,13-14,17-18H,5-6,9-10,12H2,1-4H3,(H,24,29)(H,25,27)/t17-,18-/m0/s1. The highest BCUT2D eigenvalue weighted by Crippen LogP contribution is 2.32. The number of pyridine rings is 1. The largest absolute Gasteiger partial charge is 0.467 e. The first-order valence-corrected chi connectivity index (χ1v) is 11.3. The fraction of sp³-hybridized carbons (Fsp3) is 0.591. The van der Waals surface area contributed by atoms with Crippen molar-refractivity contribution in [3.63, 3.8) is 0 Å². The highest BCUT2D eigenvalue weighted by atomic mass is 32.2. The number of hydrogen-bond donors (Lipinski definition) is 2. The van der Waals surface area contributed by atoms with Gasteiger partial charge in [-0.2, -0.15) is 0 Å². The quantitative estimate of drug-likeness (QED) is 0.554. The number of rotatable bonds is 9. The number of esters is 1. The second kappa shape index (κ2) is 11.3. The molecule has 2 amide bonds. The van der Waals surface area contributed by atoms with Crippen LogP contribution in [-0.2, 0) is 30.3 Å². The molecule has 0 aromatic carbocycles. The molecule has 2 rings (SSSR count). The van der Waals surface area contributed by atoms with E-state index in [9.17, 15) is 19.2 Å². The van der Waals surface area contributed by atoms with Gasteiger partial charge in [-0.25, -0.2) is 4.79 Å². The lowest BCUT2D eigenvalue weighted by molar-refractivity contribution is -0.146. The van der Waals surface area contributed by atoms with E-state index in [2.05, 4.69) is 15.6 Å². The molecule has 8 nitrogen and oxygen atoms in total. The monoisotopic (exact) mass is 449 g/mol. The number of amides is 2. The summed E-state index contributed by atoms with van der Waals surface area (Å²) < 4.78 is 4.87. The van der Waals surface area contributed by atoms with E-state index in [-0.39, 0.29) is 23.4 Å². The lowest BCUT2D eigenvalue weighted by Gasteiger charge is -2.32. The first-order valence-electron chi connectivity index (χ1n) is 10.5. The summed E-state index contributed by atoms with van der Waals surface area (Å²) in [5, 5.41) is 4.96. The predicted molar refractivity (Wildman–Crippen MR) is 118 cm³/mol. The SMILES string of the molecule is COC(=O)[C@H](Cc1cccnc1)NC(=O)C1(NC(=O)[C@@H](SC(C)=O)C(C)C)CCCC1. The molecule has 0 saturated heterocycles. The Bertz CT molecular complexity index is 794. The van der Waals surface area contributed by atoms with Crippen LogP contribution >= 0.6 is 11.8 Å². The number of nitrogens with one attached hydrogen (secondary N) is 2. The van der Waals surface area contributed by atoms with Crippen LogP contribution in [0.4, 0.5) is 0 Å². The second-order valence-electron chi connectivity index (χ2n) is 8.17. The van der Waals surface area contributed by atoms with E-state index in [1.54, 1.807) is 18.5 Å². The predicted octanol–water partition coefficient (Wildman–Crippen LogP) is 2.02. The Morgan fingerprint density at radius 3 is 2.42 bits per heavy atom. The van der Waals surface area contributed by atoms with Gasteiger partial charge in [0.15, 0.2) is 5.12 Å². The fourth-order valence-corrected chi connectivity index (χ4v) is 4.55. The molecule has 1 fully saturated rings. The Balaban J connectivity index is 2.19. The Kier molecular flexibility index (Phi) is 9.03. The molecule has 170 valence electrons. The lowest BCUT2D eigenvalue weighted by Crippen LogP contribution is -2.61. The summed E-state index contributed by atoms with van der Waals surface area (Å²) in [6, 6.07) is 2.67. The van der Waals surface area contributed by atoms with E-state index in [0.717, 1.165) is 30.2 Å². The van der Waals surface area contributed by atoms with Gasteiger partial charge in [-0.05, 0) is 30.4 Å². The number of carbonyl (C=O) groups is 4. The molecule has 0 aliphatic heterocycles. The number of methoxy groups -OCH3 is 1. The van der Waals surface area contributed by atoms with Crippen LogP contribution in [0.25, 0.3) is 0 Å². The number of nitrogens with zero attached hydrogens (tertiary/aromatic N) is 1. The maximum absolute atomic E-state index is 13.3. The summed E-state index contributed by atoms with van der Waals surface area (Å²) in [6.07, 6.45) is 5.99. The Labute approximate surface area is 187 Å². The van der Waals surface area contributed by atoms with Gasteiger partial charge in [-0.3, -0.25) is 19.4 Å². The lowest BCUT2D eigenvalue weighted by atomic mass is 9.94. The van der Waals surface area contributed by atoms with Crippen molar-refractivity contribution in [2.75, 3.05) is 7.11 Å². The van der Waals surface area contributed by atoms with Gasteiger partial charge in [0.05, 0.1) is 12.4 Å². The van der Waals surface area contributed by atoms with Crippen LogP contribution in [-0.4, -0.2) is 51.8 Å². The zero-order chi connectivity index (χ0) is 23.0. The maximum Gasteiger partial charge on any atom is 0.328 e. The molecular formula is C22H31N3O5S. The van der Waals surface area contributed by atoms with Gasteiger partial charge in [-0.1, -0.05) is 44.5 Å². The van der Waals surface area contributed by atoms with Gasteiger partial charge >= 0.3 is 5.97 Å². The minimum Gasteiger partial charge on any atom is -0.467 e. The van der Waals surface area contributed by atoms with E-state index in [4.69, 9.17) is 4.74 Å². The smallest absolute Gasteiger partial charge is 0.328 e. The van der Waals surface area contributed by atoms with Crippen molar-refractivity contribution < 1.29 is 23.9 Å². The normalized spacial score (nSPS) is 16.9. The fourth-order valence-electron chi connectivity index (χ4n) is 3.75. The summed E-state index contributed by atoms with van der Waals surface area (Å²) in [5.74, 6) is -1.39. The second-order valence-corrected chi connectivity index (χ2v) is 9.49. The van der Waals surface area contributed by atoms with Gasteiger partial charge in [0.1, 0.15) is 11.6 Å². The van der Waals surface area contributed by atoms with Crippen molar-refractivity contribution in [2.24, 2.45) is 5.92 Å². The van der Waals surface area contributed by atoms with Crippen molar-refractivity contribution in [3.05, 3.63) is 30.1 Å². The number of hydrogen-bond acceptors (Lipinski definition) is 7. The first kappa shape index (κ1) is 24.8. The number of carbonyl (C=O) groups excluding carboxylic acids is 4. The molecule has 31 heavy (non-hydrogen) atoms. The van der Waals surface area contributed by atoms with Crippen molar-refractivity contribution in [3.8, 4) is 0 Å². The number of ether oxygens (including phenoxy) is 1. The van der Waals surface area contributed by atoms with E-state index >= 15 is 0 Å². The van der Waals surface area contributed by atoms with Gasteiger partial charge < -0.3 is 15.4 Å². The average Bonchev–Trinajstić information content (AvgIpc) is 3.21. The third-order valence-corrected chi connectivity index (χ3v) is 6.71. The molecule has 0 bridgehead atoms. The summed E-state index contributed by atoms with van der Waals surface area (Å²) >= 11 is 0.970. The van der Waals surface area contributed by atoms with Crippen molar-refractivity contribution in [2.45, 2.75) is 69.7 Å². The summed E-state index contributed by atoms with van der Waals surface area (Å²) in [6.45, 7) is 5.15. The van der Waals surface area contributed by atoms with Crippen LogP contribution in [0, 0.1) is 5.92 Å². The third kappa shape index (κ3) is 6.78. The van der Waals surface area contributed by atoms with Crippen LogP contribution < -0.4 is 10.6 Å². The van der Waals surface area contributed by atoms with Crippen LogP contribution in [0.2, 0.25) is 0 Å². The number of aromatic nitrogens is 1. The molecule has 1 aliphatic carbocycles. The van der Waals surface area contributed by atoms with E-state index in [1.807, 2.05) is 19.9 Å². The van der Waals surface area contributed by atoms with E-state index in [1.165, 1.54) is 14.0 Å². The Morgan fingerprint density at radius 2 is 1.90 bits per heavy atom. The van der Waals surface area contributed by atoms with Crippen molar-refractivity contribution >= 4 is 34.7 Å². The molecule has 0 spiro atoms. The zero-order valence-corrected chi connectivity index (χ0v) is 19.3. The topological polar surface area (TPSA) is 114 Å². The van der Waals surface area contributed by atoms with E-state index in [0.29, 0.717) is 12.8 Å². The summed E-state index contributed by atoms with van der Waals surface area (Å²) in [7, 11) is 1.27. The minimum absolute atomic E-state index is 0.0798. The maximum atomic E-state index is 13.3. The first-order chi connectivity index (χ1) is 14.7. The molecule has 1 saturated carbocycles. The zero-order valence-electron chi connectivity index (χ0n) is 18.5. The minimum atomic E-state index is -1.11. The van der Waals surface area contributed by atoms with Crippen LogP contribution in [0.15, 0.2) is 24.5 Å². The molecule has 0 radical (unpaired) electrons. The molecule has 1 heterocycles. The highest BCUT2D eigenvalue weighted by molar-refractivity contribution is 8.14. The molecule has 0 unspecified atom stereocenters. The van der Waals surface area contributed by atoms with Crippen LogP contribution in [0.3, 0.4) is 0 Å². The Morgan fingerprint density at radius 1 is 1.23 bits per heavy atom. The van der Waals surface area contributed by atoms with Gasteiger partial charge in [-0.15, -0.1) is 0 Å². The Hall–Kier alpha value is -2.42. The van der Waals surface area contributed by atoms with Crippen molar-refractivity contribution in [1.29, 1.82) is 0 Å². The van der Waals surface area contributed by atoms with E-state index < -0.39 is 28.7 Å². The molecule has 1 aromatic rings. The third-order valence-electron chi connectivity index (χ3n) is 5.36. The van der Waals surface area contributed by atoms with Gasteiger partial charge in [0, 0.05) is 25.7 Å². The van der Waals surface area contributed by atoms with Gasteiger partial charge in [0.2, 0.25) is 11.8 Å². The molecule has 1 aromatic heterocycles. The molecule has 2 atom stereocenters. The average molecular weight is 450 g/mol. The van der Waals surface area contributed by atoms with Crippen molar-refractivity contribution in [1.82, 2.24) is 15.6 Å². The van der Waals surface area contributed by atoms with Crippen LogP contribution in [0.1, 0.15) is 52.0 Å². The highest BCUT2D eigenvalue weighted by Gasteiger charge is 2.45. The summed E-state index contributed by atoms with van der Waals surface area (Å²) in [4.78, 5) is 54.3. The number of thioether (sulfide) groups is 1. The van der Waals surface area contributed by atoms with Gasteiger partial charge in [0.25, 0.3) is 0 Å². The molecule has 2 N–H and O–H groups in total. The summed E-state index contributed by atoms with van der Waals surface area (Å²) in [5.41, 5.74) is -0.330.